The van der Waals surface area contributed by atoms with Crippen LogP contribution < -0.4 is 14.8 Å². The molecule has 146 valence electrons. The van der Waals surface area contributed by atoms with Crippen molar-refractivity contribution in [3.8, 4) is 22.9 Å². The summed E-state index contributed by atoms with van der Waals surface area (Å²) in [6.45, 7) is 0.864. The Hall–Kier alpha value is -4.13. The molecule has 1 aliphatic heterocycles. The Morgan fingerprint density at radius 1 is 0.933 bits per heavy atom. The molecule has 3 heterocycles. The summed E-state index contributed by atoms with van der Waals surface area (Å²) >= 11 is 0. The minimum Gasteiger partial charge on any atom is -0.454 e. The van der Waals surface area contributed by atoms with Gasteiger partial charge in [-0.1, -0.05) is 42.5 Å². The van der Waals surface area contributed by atoms with Gasteiger partial charge in [0.25, 0.3) is 0 Å². The van der Waals surface area contributed by atoms with Crippen molar-refractivity contribution < 1.29 is 9.47 Å². The van der Waals surface area contributed by atoms with E-state index in [9.17, 15) is 0 Å². The van der Waals surface area contributed by atoms with Crippen LogP contribution in [-0.4, -0.2) is 26.7 Å². The minimum atomic E-state index is 0.232. The number of hydrogen-bond donors (Lipinski definition) is 2. The lowest BCUT2D eigenvalue weighted by atomic mass is 10.0. The van der Waals surface area contributed by atoms with Crippen molar-refractivity contribution in [2.45, 2.75) is 6.54 Å². The van der Waals surface area contributed by atoms with Crippen LogP contribution in [0.2, 0.25) is 0 Å². The van der Waals surface area contributed by atoms with E-state index in [1.807, 2.05) is 18.2 Å². The fourth-order valence-corrected chi connectivity index (χ4v) is 3.75. The van der Waals surface area contributed by atoms with Gasteiger partial charge in [0.15, 0.2) is 28.8 Å². The van der Waals surface area contributed by atoms with E-state index >= 15 is 0 Å². The summed E-state index contributed by atoms with van der Waals surface area (Å²) < 4.78 is 10.9. The minimum absolute atomic E-state index is 0.232. The number of benzene rings is 3. The molecule has 0 spiro atoms. The highest BCUT2D eigenvalue weighted by Crippen LogP contribution is 2.35. The lowest BCUT2D eigenvalue weighted by Gasteiger charge is -2.11. The van der Waals surface area contributed by atoms with Gasteiger partial charge in [-0.2, -0.15) is 0 Å². The van der Waals surface area contributed by atoms with Crippen LogP contribution in [0.5, 0.6) is 11.5 Å². The number of ether oxygens (including phenoxy) is 2. The number of nitrogens with zero attached hydrogens (tertiary/aromatic N) is 3. The van der Waals surface area contributed by atoms with Crippen molar-refractivity contribution in [3.63, 3.8) is 0 Å². The van der Waals surface area contributed by atoms with E-state index in [-0.39, 0.29) is 6.79 Å². The number of nitrogens with one attached hydrogen (secondary N) is 2. The zero-order chi connectivity index (χ0) is 19.9. The first-order valence-electron chi connectivity index (χ1n) is 9.67. The second-order valence-electron chi connectivity index (χ2n) is 7.06. The smallest absolute Gasteiger partial charge is 0.231 e. The van der Waals surface area contributed by atoms with Crippen molar-refractivity contribution in [1.29, 1.82) is 0 Å². The molecular formula is C23H17N5O2. The van der Waals surface area contributed by atoms with Gasteiger partial charge < -0.3 is 19.8 Å². The zero-order valence-corrected chi connectivity index (χ0v) is 15.9. The third-order valence-corrected chi connectivity index (χ3v) is 5.24. The summed E-state index contributed by atoms with van der Waals surface area (Å²) in [6, 6.07) is 20.4. The third-order valence-electron chi connectivity index (χ3n) is 5.24. The van der Waals surface area contributed by atoms with Gasteiger partial charge in [-0.3, -0.25) is 0 Å². The van der Waals surface area contributed by atoms with Crippen LogP contribution in [-0.2, 0) is 6.54 Å². The first-order chi connectivity index (χ1) is 14.8. The molecule has 7 heteroatoms. The normalized spacial score (nSPS) is 12.5. The van der Waals surface area contributed by atoms with Crippen molar-refractivity contribution in [2.24, 2.45) is 0 Å². The average Bonchev–Trinajstić information content (AvgIpc) is 3.46. The van der Waals surface area contributed by atoms with Crippen molar-refractivity contribution in [1.82, 2.24) is 19.9 Å². The fourth-order valence-electron chi connectivity index (χ4n) is 3.75. The standard InChI is InChI=1S/C23H17N5O2/c1-2-7-17-14(4-1)5-3-6-16(17)11-24-22-20-23(26-12-25-20)28-21(27-22)15-8-9-18-19(10-15)30-13-29-18/h1-10,12H,11,13H2,(H2,24,25,26,27,28). The number of anilines is 1. The highest BCUT2D eigenvalue weighted by Gasteiger charge is 2.17. The molecule has 2 aromatic heterocycles. The van der Waals surface area contributed by atoms with E-state index in [1.54, 1.807) is 6.33 Å². The Kier molecular flexibility index (Phi) is 3.77. The summed E-state index contributed by atoms with van der Waals surface area (Å²) in [4.78, 5) is 16.9. The highest BCUT2D eigenvalue weighted by molar-refractivity contribution is 5.87. The predicted octanol–water partition coefficient (Wildman–Crippen LogP) is 4.51. The van der Waals surface area contributed by atoms with Crippen LogP contribution in [0, 0.1) is 0 Å². The Bertz CT molecular complexity index is 1390. The van der Waals surface area contributed by atoms with Crippen molar-refractivity contribution >= 4 is 27.8 Å². The van der Waals surface area contributed by atoms with E-state index < -0.39 is 0 Å². The number of aromatic amines is 1. The van der Waals surface area contributed by atoms with Gasteiger partial charge in [-0.05, 0) is 34.5 Å². The maximum atomic E-state index is 5.49. The fraction of sp³-hybridized carbons (Fsp3) is 0.0870. The molecule has 2 N–H and O–H groups in total. The molecule has 0 saturated heterocycles. The van der Waals surface area contributed by atoms with Gasteiger partial charge in [0.05, 0.1) is 6.33 Å². The number of imidazole rings is 1. The van der Waals surface area contributed by atoms with E-state index in [0.29, 0.717) is 29.6 Å². The molecule has 0 fully saturated rings. The van der Waals surface area contributed by atoms with Gasteiger partial charge >= 0.3 is 0 Å². The SMILES string of the molecule is c1ccc2c(CNc3nc(-c4ccc5c(c4)OCO5)nc4nc[nH]c34)cccc2c1. The van der Waals surface area contributed by atoms with Crippen molar-refractivity contribution in [3.05, 3.63) is 72.6 Å². The third kappa shape index (κ3) is 2.79. The van der Waals surface area contributed by atoms with Gasteiger partial charge in [0, 0.05) is 12.1 Å². The van der Waals surface area contributed by atoms with Gasteiger partial charge in [-0.25, -0.2) is 15.0 Å². The predicted molar refractivity (Wildman–Crippen MR) is 115 cm³/mol. The summed E-state index contributed by atoms with van der Waals surface area (Å²) in [5.41, 5.74) is 3.43. The summed E-state index contributed by atoms with van der Waals surface area (Å²) in [7, 11) is 0. The molecule has 0 bridgehead atoms. The monoisotopic (exact) mass is 395 g/mol. The molecule has 0 unspecified atom stereocenters. The van der Waals surface area contributed by atoms with E-state index in [1.165, 1.54) is 16.3 Å². The van der Waals surface area contributed by atoms with Crippen molar-refractivity contribution in [2.75, 3.05) is 12.1 Å². The van der Waals surface area contributed by atoms with Crippen LogP contribution >= 0.6 is 0 Å². The lowest BCUT2D eigenvalue weighted by molar-refractivity contribution is 0.174. The largest absolute Gasteiger partial charge is 0.454 e. The molecule has 0 saturated carbocycles. The molecule has 0 atom stereocenters. The molecule has 0 amide bonds. The molecule has 3 aromatic carbocycles. The molecule has 0 aliphatic carbocycles. The summed E-state index contributed by atoms with van der Waals surface area (Å²) in [6.07, 6.45) is 1.63. The molecule has 30 heavy (non-hydrogen) atoms. The number of rotatable bonds is 4. The average molecular weight is 395 g/mol. The zero-order valence-electron chi connectivity index (χ0n) is 15.9. The van der Waals surface area contributed by atoms with E-state index in [4.69, 9.17) is 14.5 Å². The molecule has 5 aromatic rings. The number of H-pyrrole nitrogens is 1. The quantitative estimate of drug-likeness (QED) is 0.466. The molecule has 1 aliphatic rings. The first kappa shape index (κ1) is 16.8. The maximum Gasteiger partial charge on any atom is 0.231 e. The van der Waals surface area contributed by atoms with E-state index in [2.05, 4.69) is 62.7 Å². The van der Waals surface area contributed by atoms with Gasteiger partial charge in [0.2, 0.25) is 6.79 Å². The molecule has 0 radical (unpaired) electrons. The van der Waals surface area contributed by atoms with E-state index in [0.717, 1.165) is 16.8 Å². The Labute approximate surface area is 171 Å². The Morgan fingerprint density at radius 3 is 2.83 bits per heavy atom. The van der Waals surface area contributed by atoms with Gasteiger partial charge in [-0.15, -0.1) is 0 Å². The number of fused-ring (bicyclic) bond motifs is 3. The maximum absolute atomic E-state index is 5.49. The van der Waals surface area contributed by atoms with Crippen LogP contribution in [0.15, 0.2) is 67.0 Å². The highest BCUT2D eigenvalue weighted by atomic mass is 16.7. The molecular weight excluding hydrogens is 378 g/mol. The first-order valence-corrected chi connectivity index (χ1v) is 9.67. The molecule has 6 rings (SSSR count). The number of hydrogen-bond acceptors (Lipinski definition) is 6. The van der Waals surface area contributed by atoms with Crippen LogP contribution in [0.1, 0.15) is 5.56 Å². The van der Waals surface area contributed by atoms with Crippen LogP contribution in [0.4, 0.5) is 5.82 Å². The Balaban J connectivity index is 1.38. The topological polar surface area (TPSA) is 85.0 Å². The Morgan fingerprint density at radius 2 is 1.83 bits per heavy atom. The summed E-state index contributed by atoms with van der Waals surface area (Å²) in [5.74, 6) is 2.71. The molecule has 7 nitrogen and oxygen atoms in total. The van der Waals surface area contributed by atoms with Gasteiger partial charge in [0.1, 0.15) is 5.52 Å². The number of aromatic nitrogens is 4. The second kappa shape index (κ2) is 6.73. The van der Waals surface area contributed by atoms with Crippen LogP contribution in [0.25, 0.3) is 33.3 Å². The van der Waals surface area contributed by atoms with Crippen LogP contribution in [0.3, 0.4) is 0 Å². The second-order valence-corrected chi connectivity index (χ2v) is 7.06. The lowest BCUT2D eigenvalue weighted by Crippen LogP contribution is -2.04. The summed E-state index contributed by atoms with van der Waals surface area (Å²) in [5, 5.41) is 5.90.